The van der Waals surface area contributed by atoms with Crippen LogP contribution in [0.25, 0.3) is 21.9 Å². The van der Waals surface area contributed by atoms with Gasteiger partial charge in [-0.1, -0.05) is 20.8 Å². The Morgan fingerprint density at radius 3 is 2.50 bits per heavy atom. The van der Waals surface area contributed by atoms with Crippen LogP contribution in [-0.2, 0) is 21.4 Å². The molecule has 3 aromatic rings. The highest BCUT2D eigenvalue weighted by molar-refractivity contribution is 5.96. The van der Waals surface area contributed by atoms with Crippen molar-refractivity contribution >= 4 is 33.8 Å². The van der Waals surface area contributed by atoms with Gasteiger partial charge in [-0.2, -0.15) is 0 Å². The molecular formula is C23H27NO6. The van der Waals surface area contributed by atoms with Gasteiger partial charge in [0.05, 0.1) is 6.26 Å². The van der Waals surface area contributed by atoms with Gasteiger partial charge in [-0.05, 0) is 36.8 Å². The molecule has 2 aromatic heterocycles. The highest BCUT2D eigenvalue weighted by atomic mass is 16.4. The summed E-state index contributed by atoms with van der Waals surface area (Å²) in [6.07, 6.45) is 2.50. The van der Waals surface area contributed by atoms with Crippen molar-refractivity contribution in [1.82, 2.24) is 5.32 Å². The molecule has 0 bridgehead atoms. The van der Waals surface area contributed by atoms with Crippen LogP contribution >= 0.6 is 0 Å². The predicted octanol–water partition coefficient (Wildman–Crippen LogP) is 4.06. The molecule has 1 aromatic carbocycles. The molecule has 2 heterocycles. The number of furan rings is 1. The lowest BCUT2D eigenvalue weighted by molar-refractivity contribution is -0.137. The molecule has 7 nitrogen and oxygen atoms in total. The summed E-state index contributed by atoms with van der Waals surface area (Å²) in [7, 11) is 0. The van der Waals surface area contributed by atoms with Crippen molar-refractivity contribution in [2.45, 2.75) is 58.8 Å². The van der Waals surface area contributed by atoms with Crippen molar-refractivity contribution in [3.8, 4) is 0 Å². The topological polar surface area (TPSA) is 110 Å². The van der Waals surface area contributed by atoms with E-state index >= 15 is 0 Å². The number of aryl methyl sites for hydroxylation is 1. The first-order valence-corrected chi connectivity index (χ1v) is 10.0. The van der Waals surface area contributed by atoms with Crippen LogP contribution in [0.4, 0.5) is 0 Å². The number of nitrogens with one attached hydrogen (secondary N) is 1. The molecule has 0 spiro atoms. The maximum absolute atomic E-state index is 12.5. The highest BCUT2D eigenvalue weighted by Crippen LogP contribution is 2.35. The zero-order valence-corrected chi connectivity index (χ0v) is 17.8. The van der Waals surface area contributed by atoms with Crippen LogP contribution in [-0.4, -0.2) is 23.5 Å². The van der Waals surface area contributed by atoms with E-state index in [1.165, 1.54) is 0 Å². The third-order valence-electron chi connectivity index (χ3n) is 5.28. The van der Waals surface area contributed by atoms with Gasteiger partial charge in [-0.3, -0.25) is 9.59 Å². The second kappa shape index (κ2) is 8.34. The average molecular weight is 413 g/mol. The number of fused-ring (bicyclic) bond motifs is 2. The second-order valence-corrected chi connectivity index (χ2v) is 8.58. The summed E-state index contributed by atoms with van der Waals surface area (Å²) < 4.78 is 11.2. The lowest BCUT2D eigenvalue weighted by Crippen LogP contribution is -2.26. The summed E-state index contributed by atoms with van der Waals surface area (Å²) in [6.45, 7) is 8.49. The normalized spacial score (nSPS) is 11.9. The molecule has 0 atom stereocenters. The Morgan fingerprint density at radius 2 is 1.83 bits per heavy atom. The highest BCUT2D eigenvalue weighted by Gasteiger charge is 2.21. The molecule has 0 aliphatic heterocycles. The van der Waals surface area contributed by atoms with E-state index < -0.39 is 11.6 Å². The van der Waals surface area contributed by atoms with E-state index in [0.29, 0.717) is 29.7 Å². The molecule has 30 heavy (non-hydrogen) atoms. The summed E-state index contributed by atoms with van der Waals surface area (Å²) in [5, 5.41) is 13.1. The van der Waals surface area contributed by atoms with Crippen molar-refractivity contribution in [2.24, 2.45) is 0 Å². The SMILES string of the molecule is Cc1c(CCC(=O)NCCCC(=O)O)c(=O)oc2cc3occ(C(C)(C)C)c3cc12. The Morgan fingerprint density at radius 1 is 1.10 bits per heavy atom. The van der Waals surface area contributed by atoms with Gasteiger partial charge in [0.25, 0.3) is 0 Å². The van der Waals surface area contributed by atoms with Crippen LogP contribution in [0.5, 0.6) is 0 Å². The average Bonchev–Trinajstić information content (AvgIpc) is 3.06. The summed E-state index contributed by atoms with van der Waals surface area (Å²) in [5.74, 6) is -1.12. The van der Waals surface area contributed by atoms with Crippen molar-refractivity contribution in [2.75, 3.05) is 6.54 Å². The molecule has 0 saturated carbocycles. The summed E-state index contributed by atoms with van der Waals surface area (Å²) in [6, 6.07) is 3.73. The maximum Gasteiger partial charge on any atom is 0.339 e. The van der Waals surface area contributed by atoms with Gasteiger partial charge in [0.2, 0.25) is 5.91 Å². The zero-order valence-electron chi connectivity index (χ0n) is 17.8. The van der Waals surface area contributed by atoms with Crippen molar-refractivity contribution in [3.05, 3.63) is 45.5 Å². The molecule has 0 fully saturated rings. The van der Waals surface area contributed by atoms with Gasteiger partial charge in [0, 0.05) is 47.4 Å². The van der Waals surface area contributed by atoms with E-state index in [0.717, 1.165) is 21.9 Å². The Kier molecular flexibility index (Phi) is 6.01. The number of carbonyl (C=O) groups is 2. The van der Waals surface area contributed by atoms with Crippen LogP contribution in [0.3, 0.4) is 0 Å². The first-order valence-electron chi connectivity index (χ1n) is 10.0. The first-order chi connectivity index (χ1) is 14.1. The maximum atomic E-state index is 12.5. The van der Waals surface area contributed by atoms with E-state index in [4.69, 9.17) is 13.9 Å². The zero-order chi connectivity index (χ0) is 22.1. The number of carboxylic acids is 1. The van der Waals surface area contributed by atoms with Crippen molar-refractivity contribution in [3.63, 3.8) is 0 Å². The molecule has 3 rings (SSSR count). The van der Waals surface area contributed by atoms with E-state index in [1.54, 1.807) is 12.3 Å². The number of hydrogen-bond acceptors (Lipinski definition) is 5. The minimum atomic E-state index is -0.894. The Balaban J connectivity index is 1.85. The fourth-order valence-electron chi connectivity index (χ4n) is 3.57. The van der Waals surface area contributed by atoms with Gasteiger partial charge in [-0.15, -0.1) is 0 Å². The Labute approximate surface area is 174 Å². The molecule has 0 aliphatic rings. The van der Waals surface area contributed by atoms with Crippen LogP contribution in [0.15, 0.2) is 32.0 Å². The lowest BCUT2D eigenvalue weighted by atomic mass is 9.86. The molecule has 7 heteroatoms. The fraction of sp³-hybridized carbons (Fsp3) is 0.435. The Hall–Kier alpha value is -3.09. The number of aliphatic carboxylic acids is 1. The molecule has 0 radical (unpaired) electrons. The second-order valence-electron chi connectivity index (χ2n) is 8.58. The molecule has 0 aliphatic carbocycles. The van der Waals surface area contributed by atoms with Gasteiger partial charge in [-0.25, -0.2) is 4.79 Å². The number of rotatable bonds is 7. The van der Waals surface area contributed by atoms with Gasteiger partial charge in [0.1, 0.15) is 11.2 Å². The molecule has 1 amide bonds. The Bertz CT molecular complexity index is 1160. The minimum absolute atomic E-state index is 0.00663. The van der Waals surface area contributed by atoms with Crippen molar-refractivity contribution in [1.29, 1.82) is 0 Å². The summed E-state index contributed by atoms with van der Waals surface area (Å²) in [4.78, 5) is 35.1. The van der Waals surface area contributed by atoms with Crippen LogP contribution in [0.2, 0.25) is 0 Å². The van der Waals surface area contributed by atoms with Gasteiger partial charge >= 0.3 is 11.6 Å². The summed E-state index contributed by atoms with van der Waals surface area (Å²) >= 11 is 0. The fourth-order valence-corrected chi connectivity index (χ4v) is 3.57. The number of amides is 1. The quantitative estimate of drug-likeness (QED) is 0.446. The van der Waals surface area contributed by atoms with Gasteiger partial charge < -0.3 is 19.3 Å². The minimum Gasteiger partial charge on any atom is -0.481 e. The van der Waals surface area contributed by atoms with Gasteiger partial charge in [0.15, 0.2) is 0 Å². The van der Waals surface area contributed by atoms with E-state index in [2.05, 4.69) is 26.1 Å². The molecular weight excluding hydrogens is 386 g/mol. The number of benzene rings is 1. The summed E-state index contributed by atoms with van der Waals surface area (Å²) in [5.41, 5.74) is 2.92. The standard InChI is InChI=1S/C23H27NO6/c1-13-14(7-8-20(25)24-9-5-6-21(26)27)22(28)30-19-11-18-16(10-15(13)19)17(12-29-18)23(2,3)4/h10-12H,5-9H2,1-4H3,(H,24,25)(H,26,27). The van der Waals surface area contributed by atoms with E-state index in [1.807, 2.05) is 13.0 Å². The molecule has 2 N–H and O–H groups in total. The monoisotopic (exact) mass is 413 g/mol. The smallest absolute Gasteiger partial charge is 0.339 e. The van der Waals surface area contributed by atoms with Crippen LogP contribution < -0.4 is 10.9 Å². The largest absolute Gasteiger partial charge is 0.481 e. The predicted molar refractivity (Wildman–Crippen MR) is 114 cm³/mol. The number of hydrogen-bond donors (Lipinski definition) is 2. The number of carboxylic acid groups (broad SMARTS) is 1. The van der Waals surface area contributed by atoms with Crippen LogP contribution in [0.1, 0.15) is 56.7 Å². The van der Waals surface area contributed by atoms with E-state index in [-0.39, 0.29) is 30.6 Å². The number of carbonyl (C=O) groups excluding carboxylic acids is 1. The molecule has 160 valence electrons. The van der Waals surface area contributed by atoms with E-state index in [9.17, 15) is 14.4 Å². The van der Waals surface area contributed by atoms with Crippen molar-refractivity contribution < 1.29 is 23.5 Å². The van der Waals surface area contributed by atoms with Crippen LogP contribution in [0, 0.1) is 6.92 Å². The molecule has 0 unspecified atom stereocenters. The third-order valence-corrected chi connectivity index (χ3v) is 5.28. The third kappa shape index (κ3) is 4.56. The molecule has 0 saturated heterocycles. The first kappa shape index (κ1) is 21.6. The lowest BCUT2D eigenvalue weighted by Gasteiger charge is -2.16.